The summed E-state index contributed by atoms with van der Waals surface area (Å²) in [5, 5.41) is 12.3. The molecule has 0 aromatic heterocycles. The first-order valence-corrected chi connectivity index (χ1v) is 5.42. The molecule has 19 heavy (non-hydrogen) atoms. The molecule has 0 aliphatic carbocycles. The molecule has 0 heterocycles. The zero-order valence-electron chi connectivity index (χ0n) is 10.9. The van der Waals surface area contributed by atoms with E-state index in [1.807, 2.05) is 0 Å². The highest BCUT2D eigenvalue weighted by atomic mass is 16.5. The van der Waals surface area contributed by atoms with Gasteiger partial charge in [0.05, 0.1) is 20.3 Å². The van der Waals surface area contributed by atoms with Crippen LogP contribution in [-0.2, 0) is 19.1 Å². The summed E-state index contributed by atoms with van der Waals surface area (Å²) in [6, 6.07) is 4.76. The quantitative estimate of drug-likeness (QED) is 0.631. The number of nitrogens with one attached hydrogen (secondary N) is 1. The maximum Gasteiger partial charge on any atom is 0.354 e. The Morgan fingerprint density at radius 2 is 1.95 bits per heavy atom. The molecule has 1 rings (SSSR count). The van der Waals surface area contributed by atoms with E-state index in [9.17, 15) is 14.7 Å². The summed E-state index contributed by atoms with van der Waals surface area (Å²) in [5.41, 5.74) is 1.06. The number of carbonyl (C=O) groups is 2. The van der Waals surface area contributed by atoms with Gasteiger partial charge in [-0.3, -0.25) is 0 Å². The Hall–Kier alpha value is -2.50. The first-order chi connectivity index (χ1) is 8.97. The average Bonchev–Trinajstić information content (AvgIpc) is 2.41. The largest absolute Gasteiger partial charge is 0.508 e. The van der Waals surface area contributed by atoms with Crippen molar-refractivity contribution in [2.45, 2.75) is 6.92 Å². The van der Waals surface area contributed by atoms with Gasteiger partial charge in [-0.1, -0.05) is 6.07 Å². The summed E-state index contributed by atoms with van der Waals surface area (Å²) in [7, 11) is 2.40. The molecule has 0 aliphatic heterocycles. The lowest BCUT2D eigenvalue weighted by molar-refractivity contribution is -0.138. The molecule has 0 fully saturated rings. The monoisotopic (exact) mass is 265 g/mol. The lowest BCUT2D eigenvalue weighted by Gasteiger charge is -2.10. The van der Waals surface area contributed by atoms with Crippen molar-refractivity contribution >= 4 is 17.6 Å². The van der Waals surface area contributed by atoms with E-state index in [4.69, 9.17) is 0 Å². The maximum atomic E-state index is 11.5. The Bertz CT molecular complexity index is 522. The SMILES string of the molecule is COC(=O)/C=C(/Nc1ccc(C)c(O)c1)C(=O)OC. The molecule has 0 spiro atoms. The maximum absolute atomic E-state index is 11.5. The van der Waals surface area contributed by atoms with Crippen LogP contribution in [-0.4, -0.2) is 31.3 Å². The molecule has 6 heteroatoms. The number of methoxy groups -OCH3 is 2. The van der Waals surface area contributed by atoms with Crippen LogP contribution in [0.15, 0.2) is 30.0 Å². The second kappa shape index (κ2) is 6.44. The smallest absolute Gasteiger partial charge is 0.354 e. The standard InChI is InChI=1S/C13H15NO5/c1-8-4-5-9(6-11(8)15)14-10(13(17)19-3)7-12(16)18-2/h4-7,14-15H,1-3H3/b10-7+. The molecule has 1 aromatic carbocycles. The molecule has 0 bridgehead atoms. The van der Waals surface area contributed by atoms with Crippen molar-refractivity contribution < 1.29 is 24.2 Å². The third kappa shape index (κ3) is 4.02. The molecule has 0 aliphatic rings. The molecule has 0 atom stereocenters. The minimum absolute atomic E-state index is 0.0762. The number of carbonyl (C=O) groups excluding carboxylic acids is 2. The number of rotatable bonds is 4. The lowest BCUT2D eigenvalue weighted by atomic mass is 10.2. The summed E-state index contributed by atoms with van der Waals surface area (Å²) >= 11 is 0. The minimum Gasteiger partial charge on any atom is -0.508 e. The van der Waals surface area contributed by atoms with E-state index in [0.29, 0.717) is 11.3 Å². The number of benzene rings is 1. The summed E-state index contributed by atoms with van der Waals surface area (Å²) in [5.74, 6) is -1.33. The van der Waals surface area contributed by atoms with Crippen LogP contribution < -0.4 is 5.32 Å². The molecule has 6 nitrogen and oxygen atoms in total. The number of esters is 2. The van der Waals surface area contributed by atoms with Crippen LogP contribution in [0.2, 0.25) is 0 Å². The first kappa shape index (κ1) is 14.6. The van der Waals surface area contributed by atoms with Crippen LogP contribution in [0, 0.1) is 6.92 Å². The van der Waals surface area contributed by atoms with Crippen LogP contribution in [0.1, 0.15) is 5.56 Å². The fourth-order valence-corrected chi connectivity index (χ4v) is 1.28. The fourth-order valence-electron chi connectivity index (χ4n) is 1.28. The van der Waals surface area contributed by atoms with Gasteiger partial charge in [-0.15, -0.1) is 0 Å². The fraction of sp³-hybridized carbons (Fsp3) is 0.231. The molecular weight excluding hydrogens is 250 g/mol. The van der Waals surface area contributed by atoms with Crippen molar-refractivity contribution in [1.29, 1.82) is 0 Å². The molecule has 0 radical (unpaired) electrons. The van der Waals surface area contributed by atoms with Gasteiger partial charge in [0, 0.05) is 11.8 Å². The van der Waals surface area contributed by atoms with E-state index in [1.54, 1.807) is 19.1 Å². The Labute approximate surface area is 110 Å². The van der Waals surface area contributed by atoms with Gasteiger partial charge in [-0.2, -0.15) is 0 Å². The third-order valence-electron chi connectivity index (χ3n) is 2.36. The Kier molecular flexibility index (Phi) is 4.93. The van der Waals surface area contributed by atoms with Crippen molar-refractivity contribution in [3.8, 4) is 5.75 Å². The number of hydrogen-bond acceptors (Lipinski definition) is 6. The first-order valence-electron chi connectivity index (χ1n) is 5.42. The molecule has 0 amide bonds. The normalized spacial score (nSPS) is 10.8. The van der Waals surface area contributed by atoms with Gasteiger partial charge in [0.1, 0.15) is 11.4 Å². The van der Waals surface area contributed by atoms with Crippen molar-refractivity contribution in [2.75, 3.05) is 19.5 Å². The zero-order valence-corrected chi connectivity index (χ0v) is 10.9. The van der Waals surface area contributed by atoms with Crippen molar-refractivity contribution in [3.63, 3.8) is 0 Å². The van der Waals surface area contributed by atoms with Gasteiger partial charge in [0.25, 0.3) is 0 Å². The average molecular weight is 265 g/mol. The number of hydrogen-bond donors (Lipinski definition) is 2. The molecule has 0 unspecified atom stereocenters. The van der Waals surface area contributed by atoms with Crippen LogP contribution in [0.5, 0.6) is 5.75 Å². The predicted molar refractivity (Wildman–Crippen MR) is 68.6 cm³/mol. The summed E-state index contributed by atoms with van der Waals surface area (Å²) in [6.45, 7) is 1.74. The van der Waals surface area contributed by atoms with Crippen molar-refractivity contribution in [1.82, 2.24) is 0 Å². The van der Waals surface area contributed by atoms with Crippen LogP contribution in [0.25, 0.3) is 0 Å². The number of aryl methyl sites for hydroxylation is 1. The lowest BCUT2D eigenvalue weighted by Crippen LogP contribution is -2.15. The van der Waals surface area contributed by atoms with Crippen molar-refractivity contribution in [3.05, 3.63) is 35.5 Å². The summed E-state index contributed by atoms with van der Waals surface area (Å²) in [4.78, 5) is 22.7. The van der Waals surface area contributed by atoms with Gasteiger partial charge in [-0.05, 0) is 18.6 Å². The van der Waals surface area contributed by atoms with E-state index >= 15 is 0 Å². The number of anilines is 1. The van der Waals surface area contributed by atoms with Gasteiger partial charge in [-0.25, -0.2) is 9.59 Å². The van der Waals surface area contributed by atoms with Gasteiger partial charge in [0.2, 0.25) is 0 Å². The Morgan fingerprint density at radius 3 is 2.47 bits per heavy atom. The predicted octanol–water partition coefficient (Wildman–Crippen LogP) is 1.34. The van der Waals surface area contributed by atoms with E-state index in [-0.39, 0.29) is 11.4 Å². The molecular formula is C13H15NO5. The third-order valence-corrected chi connectivity index (χ3v) is 2.36. The topological polar surface area (TPSA) is 84.9 Å². The zero-order chi connectivity index (χ0) is 14.4. The van der Waals surface area contributed by atoms with Gasteiger partial charge in [0.15, 0.2) is 0 Å². The van der Waals surface area contributed by atoms with Crippen LogP contribution in [0.4, 0.5) is 5.69 Å². The van der Waals surface area contributed by atoms with E-state index < -0.39 is 11.9 Å². The van der Waals surface area contributed by atoms with Gasteiger partial charge >= 0.3 is 11.9 Å². The minimum atomic E-state index is -0.717. The molecule has 2 N–H and O–H groups in total. The summed E-state index contributed by atoms with van der Waals surface area (Å²) in [6.07, 6.45) is 0.975. The highest BCUT2D eigenvalue weighted by Crippen LogP contribution is 2.22. The van der Waals surface area contributed by atoms with Crippen LogP contribution >= 0.6 is 0 Å². The van der Waals surface area contributed by atoms with E-state index in [2.05, 4.69) is 14.8 Å². The van der Waals surface area contributed by atoms with Crippen LogP contribution in [0.3, 0.4) is 0 Å². The van der Waals surface area contributed by atoms with E-state index in [0.717, 1.165) is 6.08 Å². The van der Waals surface area contributed by atoms with Gasteiger partial charge < -0.3 is 19.9 Å². The molecule has 1 aromatic rings. The molecule has 0 saturated heterocycles. The highest BCUT2D eigenvalue weighted by Gasteiger charge is 2.13. The highest BCUT2D eigenvalue weighted by molar-refractivity contribution is 5.98. The Morgan fingerprint density at radius 1 is 1.26 bits per heavy atom. The molecule has 102 valence electrons. The molecule has 0 saturated carbocycles. The number of aromatic hydroxyl groups is 1. The number of ether oxygens (including phenoxy) is 2. The number of phenols is 1. The summed E-state index contributed by atoms with van der Waals surface area (Å²) < 4.78 is 8.99. The number of phenolic OH excluding ortho intramolecular Hbond substituents is 1. The second-order valence-electron chi connectivity index (χ2n) is 3.70. The second-order valence-corrected chi connectivity index (χ2v) is 3.70. The Balaban J connectivity index is 3.00. The van der Waals surface area contributed by atoms with E-state index in [1.165, 1.54) is 20.3 Å². The van der Waals surface area contributed by atoms with Crippen molar-refractivity contribution in [2.24, 2.45) is 0 Å².